The van der Waals surface area contributed by atoms with Crippen LogP contribution in [0, 0.1) is 0 Å². The van der Waals surface area contributed by atoms with E-state index in [0.717, 1.165) is 10.9 Å². The number of nitrogens with one attached hydrogen (secondary N) is 3. The van der Waals surface area contributed by atoms with Gasteiger partial charge in [0.15, 0.2) is 0 Å². The third kappa shape index (κ3) is 4.60. The van der Waals surface area contributed by atoms with Crippen LogP contribution in [-0.2, 0) is 21.2 Å². The fourth-order valence-corrected chi connectivity index (χ4v) is 3.73. The highest BCUT2D eigenvalue weighted by Gasteiger charge is 2.14. The van der Waals surface area contributed by atoms with E-state index in [4.69, 9.17) is 0 Å². The largest absolute Gasteiger partial charge is 0.326 e. The smallest absolute Gasteiger partial charge is 0.251 e. The van der Waals surface area contributed by atoms with E-state index < -0.39 is 10.0 Å². The number of rotatable bonds is 6. The number of amides is 1. The summed E-state index contributed by atoms with van der Waals surface area (Å²) in [6, 6.07) is 15.0. The van der Waals surface area contributed by atoms with Gasteiger partial charge in [-0.15, -0.1) is 0 Å². The molecular weight excluding hydrogens is 366 g/mol. The number of H-pyrrole nitrogens is 1. The van der Waals surface area contributed by atoms with Crippen molar-refractivity contribution in [3.05, 3.63) is 70.5 Å². The van der Waals surface area contributed by atoms with Gasteiger partial charge in [-0.2, -0.15) is 0 Å². The quantitative estimate of drug-likeness (QED) is 0.603. The predicted molar refractivity (Wildman–Crippen MR) is 104 cm³/mol. The number of para-hydroxylation sites is 1. The molecular formula is C19H19N3O4S. The molecule has 1 aromatic heterocycles. The molecule has 3 N–H and O–H groups in total. The van der Waals surface area contributed by atoms with Gasteiger partial charge < -0.3 is 10.3 Å². The van der Waals surface area contributed by atoms with Gasteiger partial charge in [0.2, 0.25) is 15.9 Å². The molecule has 0 saturated heterocycles. The maximum absolute atomic E-state index is 12.4. The van der Waals surface area contributed by atoms with Crippen LogP contribution in [0.5, 0.6) is 0 Å². The fraction of sp³-hybridized carbons (Fsp3) is 0.158. The number of fused-ring (bicyclic) bond motifs is 1. The third-order valence-corrected chi connectivity index (χ3v) is 5.48. The molecule has 1 heterocycles. The summed E-state index contributed by atoms with van der Waals surface area (Å²) in [4.78, 5) is 26.0. The summed E-state index contributed by atoms with van der Waals surface area (Å²) in [5.41, 5.74) is 1.54. The lowest BCUT2D eigenvalue weighted by molar-refractivity contribution is -0.114. The Balaban J connectivity index is 1.68. The average molecular weight is 385 g/mol. The van der Waals surface area contributed by atoms with Crippen molar-refractivity contribution in [2.75, 3.05) is 11.9 Å². The Morgan fingerprint density at radius 1 is 1.07 bits per heavy atom. The second-order valence-electron chi connectivity index (χ2n) is 6.06. The van der Waals surface area contributed by atoms with Crippen molar-refractivity contribution < 1.29 is 13.2 Å². The number of benzene rings is 2. The highest BCUT2D eigenvalue weighted by Crippen LogP contribution is 2.14. The Morgan fingerprint density at radius 3 is 2.48 bits per heavy atom. The van der Waals surface area contributed by atoms with Gasteiger partial charge in [-0.05, 0) is 48.2 Å². The maximum Gasteiger partial charge on any atom is 0.251 e. The minimum atomic E-state index is -3.71. The molecule has 1 amide bonds. The second kappa shape index (κ2) is 7.73. The Labute approximate surface area is 156 Å². The molecule has 0 aliphatic rings. The third-order valence-electron chi connectivity index (χ3n) is 4.00. The van der Waals surface area contributed by atoms with E-state index in [1.165, 1.54) is 31.2 Å². The number of carbonyl (C=O) groups excluding carboxylic acids is 1. The second-order valence-corrected chi connectivity index (χ2v) is 7.83. The van der Waals surface area contributed by atoms with Crippen molar-refractivity contribution in [1.29, 1.82) is 0 Å². The van der Waals surface area contributed by atoms with E-state index in [-0.39, 0.29) is 29.3 Å². The molecule has 3 rings (SSSR count). The number of anilines is 1. The molecule has 0 aliphatic heterocycles. The number of aromatic nitrogens is 1. The SMILES string of the molecule is CC(=O)Nc1ccc(S(=O)(=O)NCCc2cc3ccccc3[nH]c2=O)cc1. The summed E-state index contributed by atoms with van der Waals surface area (Å²) in [5, 5.41) is 3.47. The minimum Gasteiger partial charge on any atom is -0.326 e. The normalized spacial score (nSPS) is 11.4. The monoisotopic (exact) mass is 385 g/mol. The molecule has 7 nitrogen and oxygen atoms in total. The summed E-state index contributed by atoms with van der Waals surface area (Å²) in [6.45, 7) is 1.47. The number of aromatic amines is 1. The van der Waals surface area contributed by atoms with Gasteiger partial charge in [-0.3, -0.25) is 9.59 Å². The van der Waals surface area contributed by atoms with Gasteiger partial charge in [0.05, 0.1) is 4.90 Å². The standard InChI is InChI=1S/C19H19N3O4S/c1-13(23)21-16-6-8-17(9-7-16)27(25,26)20-11-10-15-12-14-4-2-3-5-18(14)22-19(15)24/h2-9,12,20H,10-11H2,1H3,(H,21,23)(H,22,24). The van der Waals surface area contributed by atoms with Gasteiger partial charge in [0, 0.05) is 30.2 Å². The van der Waals surface area contributed by atoms with Crippen LogP contribution in [0.4, 0.5) is 5.69 Å². The van der Waals surface area contributed by atoms with E-state index in [1.54, 1.807) is 6.07 Å². The van der Waals surface area contributed by atoms with E-state index in [1.807, 2.05) is 24.3 Å². The van der Waals surface area contributed by atoms with Crippen molar-refractivity contribution in [2.45, 2.75) is 18.2 Å². The molecule has 3 aromatic rings. The van der Waals surface area contributed by atoms with Gasteiger partial charge in [-0.1, -0.05) is 18.2 Å². The number of pyridine rings is 1. The molecule has 2 aromatic carbocycles. The number of hydrogen-bond donors (Lipinski definition) is 3. The average Bonchev–Trinajstić information content (AvgIpc) is 2.62. The Morgan fingerprint density at radius 2 is 1.78 bits per heavy atom. The molecule has 0 unspecified atom stereocenters. The maximum atomic E-state index is 12.4. The fourth-order valence-electron chi connectivity index (χ4n) is 2.70. The summed E-state index contributed by atoms with van der Waals surface area (Å²) in [7, 11) is -3.71. The molecule has 0 bridgehead atoms. The highest BCUT2D eigenvalue weighted by molar-refractivity contribution is 7.89. The van der Waals surface area contributed by atoms with Crippen LogP contribution in [0.2, 0.25) is 0 Å². The van der Waals surface area contributed by atoms with E-state index in [2.05, 4.69) is 15.0 Å². The van der Waals surface area contributed by atoms with Gasteiger partial charge in [0.1, 0.15) is 0 Å². The van der Waals surface area contributed by atoms with Gasteiger partial charge in [-0.25, -0.2) is 13.1 Å². The molecule has 27 heavy (non-hydrogen) atoms. The molecule has 140 valence electrons. The first-order chi connectivity index (χ1) is 12.8. The van der Waals surface area contributed by atoms with E-state index >= 15 is 0 Å². The molecule has 0 fully saturated rings. The summed E-state index contributed by atoms with van der Waals surface area (Å²) in [5.74, 6) is -0.232. The summed E-state index contributed by atoms with van der Waals surface area (Å²) in [6.07, 6.45) is 0.267. The van der Waals surface area contributed by atoms with Gasteiger partial charge >= 0.3 is 0 Å². The Kier molecular flexibility index (Phi) is 5.38. The lowest BCUT2D eigenvalue weighted by Gasteiger charge is -2.08. The number of hydrogen-bond acceptors (Lipinski definition) is 4. The first-order valence-corrected chi connectivity index (χ1v) is 9.82. The molecule has 8 heteroatoms. The van der Waals surface area contributed by atoms with Crippen LogP contribution >= 0.6 is 0 Å². The highest BCUT2D eigenvalue weighted by atomic mass is 32.2. The van der Waals surface area contributed by atoms with Crippen LogP contribution in [0.1, 0.15) is 12.5 Å². The molecule has 0 saturated carbocycles. The topological polar surface area (TPSA) is 108 Å². The van der Waals surface area contributed by atoms with Crippen molar-refractivity contribution in [3.63, 3.8) is 0 Å². The van der Waals surface area contributed by atoms with Crippen LogP contribution in [0.25, 0.3) is 10.9 Å². The van der Waals surface area contributed by atoms with Crippen molar-refractivity contribution >= 4 is 32.5 Å². The molecule has 0 atom stereocenters. The van der Waals surface area contributed by atoms with E-state index in [0.29, 0.717) is 11.3 Å². The molecule has 0 radical (unpaired) electrons. The van der Waals surface area contributed by atoms with Gasteiger partial charge in [0.25, 0.3) is 5.56 Å². The first kappa shape index (κ1) is 18.8. The van der Waals surface area contributed by atoms with Crippen LogP contribution < -0.4 is 15.6 Å². The lowest BCUT2D eigenvalue weighted by atomic mass is 10.1. The zero-order valence-corrected chi connectivity index (χ0v) is 15.5. The van der Waals surface area contributed by atoms with Crippen LogP contribution in [0.3, 0.4) is 0 Å². The predicted octanol–water partition coefficient (Wildman–Crippen LogP) is 2.01. The summed E-state index contributed by atoms with van der Waals surface area (Å²) < 4.78 is 27.2. The Bertz CT molecular complexity index is 1140. The van der Waals surface area contributed by atoms with E-state index in [9.17, 15) is 18.0 Å². The van der Waals surface area contributed by atoms with Crippen LogP contribution in [-0.4, -0.2) is 25.9 Å². The van der Waals surface area contributed by atoms with Crippen LogP contribution in [0.15, 0.2) is 64.3 Å². The van der Waals surface area contributed by atoms with Crippen molar-refractivity contribution in [2.24, 2.45) is 0 Å². The molecule has 0 aliphatic carbocycles. The lowest BCUT2D eigenvalue weighted by Crippen LogP contribution is -2.27. The molecule has 0 spiro atoms. The summed E-state index contributed by atoms with van der Waals surface area (Å²) >= 11 is 0. The Hall–Kier alpha value is -2.97. The zero-order chi connectivity index (χ0) is 19.4. The van der Waals surface area contributed by atoms with Crippen molar-refractivity contribution in [1.82, 2.24) is 9.71 Å². The zero-order valence-electron chi connectivity index (χ0n) is 14.7. The first-order valence-electron chi connectivity index (χ1n) is 8.33. The number of carbonyl (C=O) groups is 1. The van der Waals surface area contributed by atoms with Crippen molar-refractivity contribution in [3.8, 4) is 0 Å². The minimum absolute atomic E-state index is 0.0871. The number of sulfonamides is 1.